The van der Waals surface area contributed by atoms with Gasteiger partial charge in [-0.15, -0.1) is 0 Å². The van der Waals surface area contributed by atoms with Crippen LogP contribution < -0.4 is 15.5 Å². The lowest BCUT2D eigenvalue weighted by Gasteiger charge is -2.28. The summed E-state index contributed by atoms with van der Waals surface area (Å²) in [5, 5.41) is 17.0. The van der Waals surface area contributed by atoms with Crippen LogP contribution in [0.2, 0.25) is 0 Å². The van der Waals surface area contributed by atoms with Crippen LogP contribution in [-0.2, 0) is 9.47 Å². The Bertz CT molecular complexity index is 1030. The number of morpholine rings is 1. The molecule has 2 heterocycles. The number of nitro groups is 1. The van der Waals surface area contributed by atoms with Crippen LogP contribution in [0.5, 0.6) is 0 Å². The third kappa shape index (κ3) is 5.31. The van der Waals surface area contributed by atoms with Crippen molar-refractivity contribution in [1.82, 2.24) is 10.3 Å². The molecule has 1 amide bonds. The Morgan fingerprint density at radius 2 is 2.06 bits per heavy atom. The topological polar surface area (TPSA) is 136 Å². The second-order valence-corrected chi connectivity index (χ2v) is 7.80. The third-order valence-electron chi connectivity index (χ3n) is 4.40. The lowest BCUT2D eigenvalue weighted by Crippen LogP contribution is -2.37. The second kappa shape index (κ2) is 9.76. The van der Waals surface area contributed by atoms with Gasteiger partial charge in [0.1, 0.15) is 10.6 Å². The summed E-state index contributed by atoms with van der Waals surface area (Å²) in [6.45, 7) is 3.66. The number of nitrogens with zero attached hydrogens (tertiary/aromatic N) is 3. The van der Waals surface area contributed by atoms with E-state index in [1.54, 1.807) is 13.0 Å². The number of nitrogens with one attached hydrogen (secondary N) is 2. The highest BCUT2D eigenvalue weighted by molar-refractivity contribution is 7.80. The zero-order valence-corrected chi connectivity index (χ0v) is 18.3. The zero-order valence-electron chi connectivity index (χ0n) is 16.7. The van der Waals surface area contributed by atoms with Gasteiger partial charge < -0.3 is 19.7 Å². The molecule has 0 saturated carbocycles. The molecule has 2 aromatic rings. The van der Waals surface area contributed by atoms with E-state index in [4.69, 9.17) is 17.0 Å². The molecule has 0 unspecified atom stereocenters. The van der Waals surface area contributed by atoms with Gasteiger partial charge in [-0.1, -0.05) is 11.3 Å². The summed E-state index contributed by atoms with van der Waals surface area (Å²) in [5.74, 6) is -1.14. The Labute approximate surface area is 186 Å². The molecule has 31 heavy (non-hydrogen) atoms. The molecule has 0 spiro atoms. The minimum Gasteiger partial charge on any atom is -0.465 e. The molecule has 1 aliphatic rings. The number of aryl methyl sites for hydroxylation is 1. The maximum atomic E-state index is 12.5. The first kappa shape index (κ1) is 22.5. The Morgan fingerprint density at radius 1 is 1.35 bits per heavy atom. The third-order valence-corrected chi connectivity index (χ3v) is 5.66. The summed E-state index contributed by atoms with van der Waals surface area (Å²) >= 11 is 6.15. The molecular weight excluding hydrogens is 446 g/mol. The normalized spacial score (nSPS) is 13.4. The van der Waals surface area contributed by atoms with Gasteiger partial charge in [0.25, 0.3) is 11.6 Å². The van der Waals surface area contributed by atoms with Crippen LogP contribution in [0.3, 0.4) is 0 Å². The van der Waals surface area contributed by atoms with Gasteiger partial charge in [0.05, 0.1) is 30.9 Å². The average molecular weight is 466 g/mol. The number of amides is 1. The van der Waals surface area contributed by atoms with E-state index < -0.39 is 16.8 Å². The van der Waals surface area contributed by atoms with Gasteiger partial charge in [-0.05, 0) is 31.3 Å². The molecule has 11 nitrogen and oxygen atoms in total. The molecule has 3 rings (SSSR count). The average Bonchev–Trinajstić information content (AvgIpc) is 3.12. The van der Waals surface area contributed by atoms with Crippen LogP contribution in [0.4, 0.5) is 16.5 Å². The van der Waals surface area contributed by atoms with E-state index in [2.05, 4.69) is 20.4 Å². The number of hydrogen-bond donors (Lipinski definition) is 2. The summed E-state index contributed by atoms with van der Waals surface area (Å²) in [5.41, 5.74) is 0.798. The van der Waals surface area contributed by atoms with E-state index in [-0.39, 0.29) is 16.4 Å². The first-order valence-electron chi connectivity index (χ1n) is 9.09. The number of carbonyl (C=O) groups excluding carboxylic acids is 2. The number of carbonyl (C=O) groups is 2. The number of thiazole rings is 1. The highest BCUT2D eigenvalue weighted by Crippen LogP contribution is 2.30. The first-order valence-corrected chi connectivity index (χ1v) is 10.3. The number of hydrogen-bond acceptors (Lipinski definition) is 10. The number of anilines is 2. The Kier molecular flexibility index (Phi) is 7.09. The standard InChI is InChI=1S/C18H19N5O6S2/c1-10-14(16(25)28-2)31-18(19-10)21-17(30)20-15(24)11-3-4-12(13(9-11)23(26)27)22-5-7-29-8-6-22/h3-4,9H,5-8H2,1-2H3,(H2,19,20,21,24,30). The van der Waals surface area contributed by atoms with Crippen LogP contribution in [0.1, 0.15) is 25.7 Å². The molecule has 1 aromatic heterocycles. The minimum atomic E-state index is -0.615. The van der Waals surface area contributed by atoms with Crippen molar-refractivity contribution in [1.29, 1.82) is 0 Å². The van der Waals surface area contributed by atoms with Gasteiger partial charge in [-0.3, -0.25) is 20.2 Å². The fraction of sp³-hybridized carbons (Fsp3) is 0.333. The number of benzene rings is 1. The van der Waals surface area contributed by atoms with Gasteiger partial charge in [-0.25, -0.2) is 9.78 Å². The molecule has 1 aliphatic heterocycles. The highest BCUT2D eigenvalue weighted by atomic mass is 32.1. The monoisotopic (exact) mass is 465 g/mol. The Balaban J connectivity index is 1.71. The molecule has 1 saturated heterocycles. The molecule has 0 aliphatic carbocycles. The Hall–Kier alpha value is -3.16. The van der Waals surface area contributed by atoms with Crippen molar-refractivity contribution in [3.8, 4) is 0 Å². The van der Waals surface area contributed by atoms with Crippen LogP contribution in [0, 0.1) is 17.0 Å². The molecule has 1 aromatic carbocycles. The number of nitro benzene ring substituents is 1. The predicted octanol–water partition coefficient (Wildman–Crippen LogP) is 2.11. The lowest BCUT2D eigenvalue weighted by atomic mass is 10.1. The summed E-state index contributed by atoms with van der Waals surface area (Å²) in [6.07, 6.45) is 0. The van der Waals surface area contributed by atoms with Crippen molar-refractivity contribution in [2.75, 3.05) is 43.6 Å². The number of thiocarbonyl (C=S) groups is 1. The predicted molar refractivity (Wildman–Crippen MR) is 118 cm³/mol. The van der Waals surface area contributed by atoms with Crippen LogP contribution in [-0.4, -0.2) is 60.3 Å². The maximum absolute atomic E-state index is 12.5. The van der Waals surface area contributed by atoms with E-state index in [1.807, 2.05) is 4.90 Å². The number of methoxy groups -OCH3 is 1. The maximum Gasteiger partial charge on any atom is 0.350 e. The van der Waals surface area contributed by atoms with Crippen LogP contribution in [0.25, 0.3) is 0 Å². The van der Waals surface area contributed by atoms with Crippen molar-refractivity contribution in [2.45, 2.75) is 6.92 Å². The quantitative estimate of drug-likeness (QED) is 0.292. The van der Waals surface area contributed by atoms with E-state index in [0.29, 0.717) is 47.7 Å². The Morgan fingerprint density at radius 3 is 2.71 bits per heavy atom. The molecule has 13 heteroatoms. The highest BCUT2D eigenvalue weighted by Gasteiger charge is 2.24. The first-order chi connectivity index (χ1) is 14.8. The smallest absolute Gasteiger partial charge is 0.350 e. The molecule has 0 radical (unpaired) electrons. The second-order valence-electron chi connectivity index (χ2n) is 6.39. The molecule has 0 atom stereocenters. The van der Waals surface area contributed by atoms with Crippen molar-refractivity contribution >= 4 is 57.0 Å². The van der Waals surface area contributed by atoms with Gasteiger partial charge in [0, 0.05) is 24.7 Å². The lowest BCUT2D eigenvalue weighted by molar-refractivity contribution is -0.384. The summed E-state index contributed by atoms with van der Waals surface area (Å²) in [7, 11) is 1.27. The van der Waals surface area contributed by atoms with Gasteiger partial charge in [0.15, 0.2) is 10.2 Å². The van der Waals surface area contributed by atoms with Crippen LogP contribution >= 0.6 is 23.6 Å². The summed E-state index contributed by atoms with van der Waals surface area (Å²) in [4.78, 5) is 41.6. The largest absolute Gasteiger partial charge is 0.465 e. The van der Waals surface area contributed by atoms with Crippen molar-refractivity contribution in [3.05, 3.63) is 44.4 Å². The molecule has 164 valence electrons. The molecule has 1 fully saturated rings. The number of aromatic nitrogens is 1. The van der Waals surface area contributed by atoms with Crippen molar-refractivity contribution < 1.29 is 24.0 Å². The van der Waals surface area contributed by atoms with Crippen molar-refractivity contribution in [3.63, 3.8) is 0 Å². The molecular formula is C18H19N5O6S2. The van der Waals surface area contributed by atoms with Crippen molar-refractivity contribution in [2.24, 2.45) is 0 Å². The van der Waals surface area contributed by atoms with E-state index >= 15 is 0 Å². The van der Waals surface area contributed by atoms with E-state index in [0.717, 1.165) is 11.3 Å². The van der Waals surface area contributed by atoms with Gasteiger partial charge >= 0.3 is 5.97 Å². The summed E-state index contributed by atoms with van der Waals surface area (Å²) < 4.78 is 9.95. The minimum absolute atomic E-state index is 0.0601. The summed E-state index contributed by atoms with van der Waals surface area (Å²) in [6, 6.07) is 4.26. The number of ether oxygens (including phenoxy) is 2. The van der Waals surface area contributed by atoms with Crippen LogP contribution in [0.15, 0.2) is 18.2 Å². The number of rotatable bonds is 5. The van der Waals surface area contributed by atoms with Gasteiger partial charge in [-0.2, -0.15) is 0 Å². The number of esters is 1. The fourth-order valence-corrected chi connectivity index (χ4v) is 4.06. The van der Waals surface area contributed by atoms with E-state index in [9.17, 15) is 19.7 Å². The molecule has 2 N–H and O–H groups in total. The van der Waals surface area contributed by atoms with Gasteiger partial charge in [0.2, 0.25) is 0 Å². The zero-order chi connectivity index (χ0) is 22.5. The molecule has 0 bridgehead atoms. The van der Waals surface area contributed by atoms with E-state index in [1.165, 1.54) is 19.2 Å². The fourth-order valence-electron chi connectivity index (χ4n) is 2.92. The SMILES string of the molecule is COC(=O)c1sc(NC(=S)NC(=O)c2ccc(N3CCOCC3)c([N+](=O)[O-])c2)nc1C.